The van der Waals surface area contributed by atoms with Crippen molar-refractivity contribution in [2.75, 3.05) is 32.9 Å². The predicted molar refractivity (Wildman–Crippen MR) is 109 cm³/mol. The van der Waals surface area contributed by atoms with Crippen LogP contribution in [0, 0.1) is 11.7 Å². The summed E-state index contributed by atoms with van der Waals surface area (Å²) in [5.41, 5.74) is -0.0818. The molecule has 0 aliphatic carbocycles. The van der Waals surface area contributed by atoms with Crippen molar-refractivity contribution in [2.24, 2.45) is 5.92 Å². The summed E-state index contributed by atoms with van der Waals surface area (Å²) >= 11 is 1.76. The molecule has 2 aliphatic heterocycles. The molecule has 2 aliphatic rings. The molecule has 1 aromatic carbocycles. The van der Waals surface area contributed by atoms with Crippen LogP contribution < -0.4 is 15.6 Å². The van der Waals surface area contributed by atoms with E-state index in [2.05, 4.69) is 15.3 Å². The van der Waals surface area contributed by atoms with Crippen molar-refractivity contribution in [3.05, 3.63) is 34.1 Å². The average Bonchev–Trinajstić information content (AvgIpc) is 2.72. The first-order valence-electron chi connectivity index (χ1n) is 9.94. The van der Waals surface area contributed by atoms with E-state index in [0.717, 1.165) is 52.0 Å². The van der Waals surface area contributed by atoms with Crippen LogP contribution in [-0.2, 0) is 10.5 Å². The zero-order valence-corrected chi connectivity index (χ0v) is 16.7. The molecule has 3 heterocycles. The van der Waals surface area contributed by atoms with Gasteiger partial charge in [0, 0.05) is 30.6 Å². The van der Waals surface area contributed by atoms with Crippen LogP contribution in [0.4, 0.5) is 4.39 Å². The maximum absolute atomic E-state index is 14.5. The van der Waals surface area contributed by atoms with Gasteiger partial charge in [0.2, 0.25) is 0 Å². The smallest absolute Gasteiger partial charge is 0.261 e. The molecule has 2 fully saturated rings. The summed E-state index contributed by atoms with van der Waals surface area (Å²) in [5.74, 6) is 1.49. The van der Waals surface area contributed by atoms with Crippen LogP contribution in [0.2, 0.25) is 0 Å². The van der Waals surface area contributed by atoms with Gasteiger partial charge in [0.25, 0.3) is 5.56 Å². The first kappa shape index (κ1) is 19.7. The zero-order valence-electron chi connectivity index (χ0n) is 15.8. The number of ether oxygens (including phenoxy) is 2. The van der Waals surface area contributed by atoms with Crippen LogP contribution in [0.5, 0.6) is 5.75 Å². The lowest BCUT2D eigenvalue weighted by atomic mass is 9.99. The molecule has 2 saturated heterocycles. The highest BCUT2D eigenvalue weighted by Gasteiger charge is 2.17. The monoisotopic (exact) mass is 407 g/mol. The number of rotatable bonds is 6. The van der Waals surface area contributed by atoms with Crippen molar-refractivity contribution in [1.29, 1.82) is 0 Å². The van der Waals surface area contributed by atoms with Gasteiger partial charge in [0.05, 0.1) is 17.9 Å². The predicted octanol–water partition coefficient (Wildman–Crippen LogP) is 2.85. The Bertz CT molecular complexity index is 858. The Morgan fingerprint density at radius 3 is 2.79 bits per heavy atom. The highest BCUT2D eigenvalue weighted by atomic mass is 32.2. The minimum atomic E-state index is -0.588. The van der Waals surface area contributed by atoms with Crippen molar-refractivity contribution in [1.82, 2.24) is 15.3 Å². The second-order valence-electron chi connectivity index (χ2n) is 7.44. The van der Waals surface area contributed by atoms with Crippen molar-refractivity contribution < 1.29 is 13.9 Å². The minimum absolute atomic E-state index is 0.00553. The van der Waals surface area contributed by atoms with E-state index in [4.69, 9.17) is 9.47 Å². The summed E-state index contributed by atoms with van der Waals surface area (Å²) in [6.45, 7) is 4.10. The van der Waals surface area contributed by atoms with Crippen LogP contribution in [0.15, 0.2) is 16.9 Å². The van der Waals surface area contributed by atoms with Crippen molar-refractivity contribution in [3.63, 3.8) is 0 Å². The molecule has 0 radical (unpaired) electrons. The number of nitrogens with one attached hydrogen (secondary N) is 2. The number of aromatic amines is 1. The Hall–Kier alpha value is -1.64. The van der Waals surface area contributed by atoms with Crippen LogP contribution in [0.1, 0.15) is 31.5 Å². The van der Waals surface area contributed by atoms with Crippen LogP contribution in [0.3, 0.4) is 0 Å². The highest BCUT2D eigenvalue weighted by molar-refractivity contribution is 7.99. The molecule has 2 N–H and O–H groups in total. The van der Waals surface area contributed by atoms with E-state index in [0.29, 0.717) is 40.6 Å². The molecular formula is C20H26FN3O3S. The quantitative estimate of drug-likeness (QED) is 0.767. The van der Waals surface area contributed by atoms with Gasteiger partial charge in [0.1, 0.15) is 22.8 Å². The van der Waals surface area contributed by atoms with E-state index in [1.54, 1.807) is 17.8 Å². The molecule has 0 amide bonds. The highest BCUT2D eigenvalue weighted by Crippen LogP contribution is 2.26. The fraction of sp³-hybridized carbons (Fsp3) is 0.600. The zero-order chi connectivity index (χ0) is 19.3. The molecule has 0 unspecified atom stereocenters. The Labute approximate surface area is 167 Å². The topological polar surface area (TPSA) is 76.2 Å². The number of halogens is 1. The van der Waals surface area contributed by atoms with Gasteiger partial charge in [-0.2, -0.15) is 11.8 Å². The second-order valence-corrected chi connectivity index (χ2v) is 8.73. The van der Waals surface area contributed by atoms with Crippen molar-refractivity contribution in [3.8, 4) is 5.75 Å². The molecule has 4 rings (SSSR count). The van der Waals surface area contributed by atoms with Gasteiger partial charge in [-0.15, -0.1) is 0 Å². The summed E-state index contributed by atoms with van der Waals surface area (Å²) in [7, 11) is 0. The molecule has 152 valence electrons. The molecule has 1 aromatic heterocycles. The van der Waals surface area contributed by atoms with Gasteiger partial charge in [0.15, 0.2) is 0 Å². The number of piperidine rings is 1. The Balaban J connectivity index is 1.48. The number of benzene rings is 1. The third-order valence-electron chi connectivity index (χ3n) is 5.35. The Morgan fingerprint density at radius 2 is 2.00 bits per heavy atom. The lowest BCUT2D eigenvalue weighted by molar-refractivity contribution is 0.1000. The molecule has 8 heteroatoms. The van der Waals surface area contributed by atoms with E-state index in [1.807, 2.05) is 0 Å². The number of thioether (sulfide) groups is 1. The summed E-state index contributed by atoms with van der Waals surface area (Å²) in [4.78, 5) is 19.6. The van der Waals surface area contributed by atoms with Gasteiger partial charge >= 0.3 is 0 Å². The maximum atomic E-state index is 14.5. The fourth-order valence-electron chi connectivity index (χ4n) is 3.70. The Kier molecular flexibility index (Phi) is 6.49. The number of nitrogens with zero attached hydrogens (tertiary/aromatic N) is 1. The van der Waals surface area contributed by atoms with E-state index in [1.165, 1.54) is 6.07 Å². The molecule has 0 saturated carbocycles. The second kappa shape index (κ2) is 9.24. The SMILES string of the molecule is O=c1[nH]c(CSC2CCOCC2)nc2cc(OCC3CCNCC3)cc(F)c12. The van der Waals surface area contributed by atoms with Gasteiger partial charge < -0.3 is 19.8 Å². The lowest BCUT2D eigenvalue weighted by Crippen LogP contribution is -2.30. The molecule has 6 nitrogen and oxygen atoms in total. The van der Waals surface area contributed by atoms with Gasteiger partial charge in [-0.3, -0.25) is 4.79 Å². The summed E-state index contributed by atoms with van der Waals surface area (Å²) in [5, 5.41) is 3.82. The van der Waals surface area contributed by atoms with E-state index in [9.17, 15) is 9.18 Å². The van der Waals surface area contributed by atoms with Crippen molar-refractivity contribution >= 4 is 22.7 Å². The van der Waals surface area contributed by atoms with Crippen LogP contribution in [-0.4, -0.2) is 48.1 Å². The largest absolute Gasteiger partial charge is 0.493 e. The van der Waals surface area contributed by atoms with E-state index in [-0.39, 0.29) is 5.39 Å². The average molecular weight is 408 g/mol. The summed E-state index contributed by atoms with van der Waals surface area (Å²) in [6.07, 6.45) is 4.13. The molecule has 28 heavy (non-hydrogen) atoms. The normalized spacial score (nSPS) is 19.2. The molecular weight excluding hydrogens is 381 g/mol. The number of aromatic nitrogens is 2. The van der Waals surface area contributed by atoms with Crippen LogP contribution in [0.25, 0.3) is 10.9 Å². The number of H-pyrrole nitrogens is 1. The first-order valence-corrected chi connectivity index (χ1v) is 11.0. The number of fused-ring (bicyclic) bond motifs is 1. The molecule has 0 spiro atoms. The standard InChI is InChI=1S/C20H26FN3O3S/c21-16-9-14(27-11-13-1-5-22-6-2-13)10-17-19(16)20(25)24-18(23-17)12-28-15-3-7-26-8-4-15/h9-10,13,15,22H,1-8,11-12H2,(H,23,24,25). The van der Waals surface area contributed by atoms with Crippen molar-refractivity contribution in [2.45, 2.75) is 36.7 Å². The lowest BCUT2D eigenvalue weighted by Gasteiger charge is -2.22. The molecule has 2 aromatic rings. The van der Waals surface area contributed by atoms with Gasteiger partial charge in [-0.05, 0) is 44.7 Å². The van der Waals surface area contributed by atoms with E-state index >= 15 is 0 Å². The maximum Gasteiger partial charge on any atom is 0.261 e. The number of hydrogen-bond donors (Lipinski definition) is 2. The van der Waals surface area contributed by atoms with Crippen LogP contribution >= 0.6 is 11.8 Å². The molecule has 0 atom stereocenters. The van der Waals surface area contributed by atoms with Gasteiger partial charge in [-0.25, -0.2) is 9.37 Å². The Morgan fingerprint density at radius 1 is 1.21 bits per heavy atom. The van der Waals surface area contributed by atoms with Gasteiger partial charge in [-0.1, -0.05) is 0 Å². The minimum Gasteiger partial charge on any atom is -0.493 e. The molecule has 0 bridgehead atoms. The number of hydrogen-bond acceptors (Lipinski definition) is 6. The third kappa shape index (κ3) is 4.85. The summed E-state index contributed by atoms with van der Waals surface area (Å²) in [6, 6.07) is 2.97. The fourth-order valence-corrected chi connectivity index (χ4v) is 4.76. The first-order chi connectivity index (χ1) is 13.7. The third-order valence-corrected chi connectivity index (χ3v) is 6.73. The van der Waals surface area contributed by atoms with E-state index < -0.39 is 11.4 Å². The summed E-state index contributed by atoms with van der Waals surface area (Å²) < 4.78 is 25.7.